The first kappa shape index (κ1) is 20.5. The Labute approximate surface area is 173 Å². The van der Waals surface area contributed by atoms with Crippen LogP contribution in [0.1, 0.15) is 28.4 Å². The molecule has 146 valence electrons. The molecule has 0 fully saturated rings. The lowest BCUT2D eigenvalue weighted by atomic mass is 10.1. The quantitative estimate of drug-likeness (QED) is 0.681. The molecule has 3 rings (SSSR count). The van der Waals surface area contributed by atoms with Crippen LogP contribution in [0, 0.1) is 0 Å². The summed E-state index contributed by atoms with van der Waals surface area (Å²) in [4.78, 5) is 28.9. The van der Waals surface area contributed by atoms with E-state index in [0.717, 1.165) is 28.7 Å². The zero-order chi connectivity index (χ0) is 19.8. The topological polar surface area (TPSA) is 67.8 Å². The monoisotopic (exact) mass is 414 g/mol. The van der Waals surface area contributed by atoms with Gasteiger partial charge >= 0.3 is 5.97 Å². The van der Waals surface area contributed by atoms with Gasteiger partial charge in [-0.15, -0.1) is 0 Å². The van der Waals surface area contributed by atoms with Crippen LogP contribution < -0.4 is 5.32 Å². The van der Waals surface area contributed by atoms with Gasteiger partial charge in [0.2, 0.25) is 0 Å². The highest BCUT2D eigenvalue weighted by Crippen LogP contribution is 2.26. The van der Waals surface area contributed by atoms with E-state index in [9.17, 15) is 9.59 Å². The van der Waals surface area contributed by atoms with E-state index in [1.807, 2.05) is 36.4 Å². The van der Waals surface area contributed by atoms with Gasteiger partial charge in [-0.25, -0.2) is 4.79 Å². The van der Waals surface area contributed by atoms with Crippen LogP contribution in [0.2, 0.25) is 0 Å². The summed E-state index contributed by atoms with van der Waals surface area (Å²) in [6.07, 6.45) is 0.940. The molecule has 28 heavy (non-hydrogen) atoms. The van der Waals surface area contributed by atoms with E-state index in [1.165, 1.54) is 5.56 Å². The predicted octanol–water partition coefficient (Wildman–Crippen LogP) is 4.38. The number of anilines is 1. The molecule has 0 saturated carbocycles. The average Bonchev–Trinajstić information content (AvgIpc) is 3.25. The second-order valence-electron chi connectivity index (χ2n) is 6.12. The smallest absolute Gasteiger partial charge is 0.338 e. The molecular formula is C21H22N2O3S2. The first-order valence-corrected chi connectivity index (χ1v) is 11.1. The Balaban J connectivity index is 1.53. The number of rotatable bonds is 7. The lowest BCUT2D eigenvalue weighted by molar-refractivity contribution is -0.119. The molecular weight excluding hydrogens is 392 g/mol. The maximum atomic E-state index is 12.5. The third kappa shape index (κ3) is 5.87. The van der Waals surface area contributed by atoms with E-state index < -0.39 is 5.97 Å². The fraction of sp³-hybridized carbons (Fsp3) is 0.286. The number of thioether (sulfide) groups is 2. The second-order valence-corrected chi connectivity index (χ2v) is 8.42. The Kier molecular flexibility index (Phi) is 7.56. The molecule has 0 atom stereocenters. The summed E-state index contributed by atoms with van der Waals surface area (Å²) in [5, 5.41) is 2.74. The lowest BCUT2D eigenvalue weighted by Crippen LogP contribution is -2.21. The van der Waals surface area contributed by atoms with Crippen molar-refractivity contribution in [1.29, 1.82) is 0 Å². The van der Waals surface area contributed by atoms with Crippen LogP contribution in [0.3, 0.4) is 0 Å². The SMILES string of the molecule is CCc1ccc(NC(=O)COC(=O)c2ccccc2CSC2=NCCS2)cc1. The van der Waals surface area contributed by atoms with Crippen molar-refractivity contribution in [2.75, 3.05) is 24.2 Å². The molecule has 0 aromatic heterocycles. The molecule has 1 aliphatic rings. The Morgan fingerprint density at radius 2 is 1.96 bits per heavy atom. The molecule has 0 saturated heterocycles. The van der Waals surface area contributed by atoms with Crippen molar-refractivity contribution in [3.05, 3.63) is 65.2 Å². The third-order valence-corrected chi connectivity index (χ3v) is 6.43. The average molecular weight is 415 g/mol. The van der Waals surface area contributed by atoms with Gasteiger partial charge in [0.05, 0.1) is 12.1 Å². The molecule has 0 bridgehead atoms. The number of benzene rings is 2. The van der Waals surface area contributed by atoms with Crippen LogP contribution in [-0.2, 0) is 21.7 Å². The summed E-state index contributed by atoms with van der Waals surface area (Å²) < 4.78 is 6.28. The van der Waals surface area contributed by atoms with Gasteiger partial charge in [-0.05, 0) is 35.7 Å². The molecule has 5 nitrogen and oxygen atoms in total. The number of aliphatic imine (C=N–C) groups is 1. The number of amides is 1. The number of carbonyl (C=O) groups excluding carboxylic acids is 2. The largest absolute Gasteiger partial charge is 0.452 e. The predicted molar refractivity (Wildman–Crippen MR) is 117 cm³/mol. The normalized spacial score (nSPS) is 13.1. The highest BCUT2D eigenvalue weighted by Gasteiger charge is 2.16. The fourth-order valence-electron chi connectivity index (χ4n) is 2.62. The first-order valence-electron chi connectivity index (χ1n) is 9.09. The molecule has 0 spiro atoms. The number of hydrogen-bond acceptors (Lipinski definition) is 6. The number of nitrogens with one attached hydrogen (secondary N) is 1. The van der Waals surface area contributed by atoms with Crippen LogP contribution >= 0.6 is 23.5 Å². The standard InChI is InChI=1S/C21H22N2O3S2/c1-2-15-7-9-17(10-8-15)23-19(24)13-26-20(25)18-6-4-3-5-16(18)14-28-21-22-11-12-27-21/h3-10H,2,11-14H2,1H3,(H,23,24). The minimum atomic E-state index is -0.492. The Morgan fingerprint density at radius 3 is 2.68 bits per heavy atom. The number of esters is 1. The zero-order valence-electron chi connectivity index (χ0n) is 15.6. The summed E-state index contributed by atoms with van der Waals surface area (Å²) in [6.45, 7) is 2.61. The number of hydrogen-bond donors (Lipinski definition) is 1. The molecule has 7 heteroatoms. The Morgan fingerprint density at radius 1 is 1.18 bits per heavy atom. The van der Waals surface area contributed by atoms with Gasteiger partial charge in [-0.2, -0.15) is 0 Å². The number of carbonyl (C=O) groups is 2. The van der Waals surface area contributed by atoms with Crippen molar-refractivity contribution in [1.82, 2.24) is 0 Å². The van der Waals surface area contributed by atoms with Crippen LogP contribution in [-0.4, -0.2) is 35.2 Å². The van der Waals surface area contributed by atoms with Gasteiger partial charge in [0.15, 0.2) is 6.61 Å². The first-order chi connectivity index (χ1) is 13.7. The minimum Gasteiger partial charge on any atom is -0.452 e. The van der Waals surface area contributed by atoms with Crippen molar-refractivity contribution in [3.63, 3.8) is 0 Å². The summed E-state index contributed by atoms with van der Waals surface area (Å²) >= 11 is 3.36. The van der Waals surface area contributed by atoms with Gasteiger partial charge in [0, 0.05) is 17.2 Å². The summed E-state index contributed by atoms with van der Waals surface area (Å²) in [7, 11) is 0. The molecule has 1 N–H and O–H groups in total. The highest BCUT2D eigenvalue weighted by atomic mass is 32.2. The van der Waals surface area contributed by atoms with E-state index in [1.54, 1.807) is 35.7 Å². The second kappa shape index (κ2) is 10.3. The van der Waals surface area contributed by atoms with Gasteiger partial charge < -0.3 is 10.1 Å². The van der Waals surface area contributed by atoms with Gasteiger partial charge in [-0.3, -0.25) is 9.79 Å². The van der Waals surface area contributed by atoms with E-state index in [-0.39, 0.29) is 12.5 Å². The van der Waals surface area contributed by atoms with E-state index in [4.69, 9.17) is 4.74 Å². The van der Waals surface area contributed by atoms with Crippen LogP contribution in [0.4, 0.5) is 5.69 Å². The van der Waals surface area contributed by atoms with Crippen molar-refractivity contribution in [2.24, 2.45) is 4.99 Å². The summed E-state index contributed by atoms with van der Waals surface area (Å²) in [5.74, 6) is 0.810. The molecule has 2 aromatic rings. The van der Waals surface area contributed by atoms with Gasteiger partial charge in [0.25, 0.3) is 5.91 Å². The molecule has 1 amide bonds. The summed E-state index contributed by atoms with van der Waals surface area (Å²) in [6, 6.07) is 14.9. The maximum Gasteiger partial charge on any atom is 0.338 e. The van der Waals surface area contributed by atoms with Crippen molar-refractivity contribution in [2.45, 2.75) is 19.1 Å². The van der Waals surface area contributed by atoms with Crippen molar-refractivity contribution < 1.29 is 14.3 Å². The molecule has 1 heterocycles. The fourth-order valence-corrected chi connectivity index (χ4v) is 4.63. The van der Waals surface area contributed by atoms with Gasteiger partial charge in [0.1, 0.15) is 4.38 Å². The molecule has 0 unspecified atom stereocenters. The Bertz CT molecular complexity index is 866. The third-order valence-electron chi connectivity index (χ3n) is 4.13. The number of ether oxygens (including phenoxy) is 1. The molecule has 0 radical (unpaired) electrons. The highest BCUT2D eigenvalue weighted by molar-refractivity contribution is 8.38. The van der Waals surface area contributed by atoms with Crippen molar-refractivity contribution >= 4 is 45.5 Å². The van der Waals surface area contributed by atoms with Crippen molar-refractivity contribution in [3.8, 4) is 0 Å². The molecule has 1 aliphatic heterocycles. The Hall–Kier alpha value is -2.25. The molecule has 2 aromatic carbocycles. The van der Waals surface area contributed by atoms with E-state index in [2.05, 4.69) is 17.2 Å². The van der Waals surface area contributed by atoms with Crippen LogP contribution in [0.5, 0.6) is 0 Å². The van der Waals surface area contributed by atoms with E-state index >= 15 is 0 Å². The summed E-state index contributed by atoms with van der Waals surface area (Å²) in [5.41, 5.74) is 3.24. The minimum absolute atomic E-state index is 0.321. The maximum absolute atomic E-state index is 12.5. The lowest BCUT2D eigenvalue weighted by Gasteiger charge is -2.10. The number of aryl methyl sites for hydroxylation is 1. The van der Waals surface area contributed by atoms with Crippen LogP contribution in [0.25, 0.3) is 0 Å². The van der Waals surface area contributed by atoms with E-state index in [0.29, 0.717) is 17.0 Å². The molecule has 0 aliphatic carbocycles. The zero-order valence-corrected chi connectivity index (χ0v) is 17.3. The number of nitrogens with zero attached hydrogens (tertiary/aromatic N) is 1. The van der Waals surface area contributed by atoms with Gasteiger partial charge in [-0.1, -0.05) is 60.8 Å². The van der Waals surface area contributed by atoms with Crippen LogP contribution in [0.15, 0.2) is 53.5 Å².